The normalized spacial score (nSPS) is 13.6. The summed E-state index contributed by atoms with van der Waals surface area (Å²) in [6.07, 6.45) is -1.47. The van der Waals surface area contributed by atoms with Crippen molar-refractivity contribution >= 4 is 59.6 Å². The highest BCUT2D eigenvalue weighted by Gasteiger charge is 2.52. The maximum absolute atomic E-state index is 13.6. The first kappa shape index (κ1) is 40.9. The third-order valence-corrected chi connectivity index (χ3v) is 14.3. The van der Waals surface area contributed by atoms with E-state index in [2.05, 4.69) is 41.7 Å². The molecule has 0 radical (unpaired) electrons. The number of amides is 3. The molecule has 0 aliphatic carbocycles. The van der Waals surface area contributed by atoms with Crippen molar-refractivity contribution in [2.24, 2.45) is 0 Å². The van der Waals surface area contributed by atoms with E-state index in [1.165, 1.54) is 23.8 Å². The second-order valence-electron chi connectivity index (χ2n) is 14.4. The minimum Gasteiger partial charge on any atom is -0.467 e. The third kappa shape index (κ3) is 10.2. The van der Waals surface area contributed by atoms with E-state index >= 15 is 0 Å². The molecule has 0 aliphatic heterocycles. The molecule has 1 heterocycles. The van der Waals surface area contributed by atoms with E-state index in [0.717, 1.165) is 10.4 Å². The number of thiazole rings is 1. The van der Waals surface area contributed by atoms with Gasteiger partial charge in [-0.3, -0.25) is 14.9 Å². The van der Waals surface area contributed by atoms with Gasteiger partial charge < -0.3 is 29.6 Å². The molecule has 0 saturated carbocycles. The van der Waals surface area contributed by atoms with Gasteiger partial charge in [0, 0.05) is 16.6 Å². The highest BCUT2D eigenvalue weighted by molar-refractivity contribution is 7.13. The molecular formula is C39H48N4O8SSi. The number of methoxy groups -OCH3 is 1. The molecule has 4 N–H and O–H groups in total. The average Bonchev–Trinajstić information content (AvgIpc) is 3.61. The topological polar surface area (TPSA) is 165 Å². The van der Waals surface area contributed by atoms with Crippen LogP contribution in [0.15, 0.2) is 90.3 Å². The number of aromatic nitrogens is 1. The maximum Gasteiger partial charge on any atom is 0.412 e. The average molecular weight is 761 g/mol. The van der Waals surface area contributed by atoms with Crippen LogP contribution in [0.2, 0.25) is 5.04 Å². The quantitative estimate of drug-likeness (QED) is 0.110. The van der Waals surface area contributed by atoms with Gasteiger partial charge in [0.1, 0.15) is 22.3 Å². The molecule has 0 bridgehead atoms. The zero-order valence-corrected chi connectivity index (χ0v) is 33.1. The predicted molar refractivity (Wildman–Crippen MR) is 208 cm³/mol. The van der Waals surface area contributed by atoms with Crippen molar-refractivity contribution in [2.75, 3.05) is 19.0 Å². The van der Waals surface area contributed by atoms with E-state index in [-0.39, 0.29) is 5.69 Å². The molecule has 12 nitrogen and oxygen atoms in total. The third-order valence-electron chi connectivity index (χ3n) is 8.32. The standard InChI is InChI=1S/C39H48N4O8SSi/c1-25(51-53(39(5,6)7,28-15-11-9-12-16-28)29-17-13-10-14-18-29)32(36(47)49-8)43-33(45)30(23-44)41-34(46)31-24-52-35(42-31)26-19-21-27(22-20-26)40-37(48)50-38(2,3)4/h9-22,24-25,30,32,44H,23H2,1-8H3,(H,40,48)(H,41,46)(H,43,45). The largest absolute Gasteiger partial charge is 0.467 e. The van der Waals surface area contributed by atoms with Crippen LogP contribution in [-0.2, 0) is 23.5 Å². The number of nitrogens with one attached hydrogen (secondary N) is 3. The zero-order valence-electron chi connectivity index (χ0n) is 31.3. The minimum absolute atomic E-state index is 0.0279. The Bertz CT molecular complexity index is 1820. The van der Waals surface area contributed by atoms with E-state index in [1.54, 1.807) is 52.0 Å². The number of nitrogens with zero attached hydrogens (tertiary/aromatic N) is 1. The first-order valence-corrected chi connectivity index (χ1v) is 19.9. The SMILES string of the molecule is COC(=O)C(NC(=O)C(CO)NC(=O)c1csc(-c2ccc(NC(=O)OC(C)(C)C)cc2)n1)C(C)O[Si](c1ccccc1)(c1ccccc1)C(C)(C)C. The van der Waals surface area contributed by atoms with Gasteiger partial charge in [0.15, 0.2) is 6.04 Å². The number of ether oxygens (including phenoxy) is 2. The van der Waals surface area contributed by atoms with Crippen LogP contribution in [0, 0.1) is 0 Å². The second-order valence-corrected chi connectivity index (χ2v) is 19.6. The molecular weight excluding hydrogens is 713 g/mol. The lowest BCUT2D eigenvalue weighted by atomic mass is 10.1. The van der Waals surface area contributed by atoms with E-state index < -0.39 is 67.6 Å². The van der Waals surface area contributed by atoms with Crippen LogP contribution in [0.25, 0.3) is 10.6 Å². The van der Waals surface area contributed by atoms with Gasteiger partial charge in [-0.2, -0.15) is 0 Å². The lowest BCUT2D eigenvalue weighted by molar-refractivity contribution is -0.148. The van der Waals surface area contributed by atoms with Crippen LogP contribution in [0.5, 0.6) is 0 Å². The summed E-state index contributed by atoms with van der Waals surface area (Å²) < 4.78 is 17.4. The van der Waals surface area contributed by atoms with E-state index in [0.29, 0.717) is 16.3 Å². The summed E-state index contributed by atoms with van der Waals surface area (Å²) in [4.78, 5) is 56.6. The molecule has 1 aromatic heterocycles. The lowest BCUT2D eigenvalue weighted by Crippen LogP contribution is -2.69. The Kier molecular flexibility index (Phi) is 13.3. The molecule has 3 unspecified atom stereocenters. The summed E-state index contributed by atoms with van der Waals surface area (Å²) in [7, 11) is -1.93. The molecule has 53 heavy (non-hydrogen) atoms. The summed E-state index contributed by atoms with van der Waals surface area (Å²) in [6.45, 7) is 12.5. The first-order valence-electron chi connectivity index (χ1n) is 17.1. The van der Waals surface area contributed by atoms with Crippen LogP contribution in [-0.4, -0.2) is 79.8 Å². The summed E-state index contributed by atoms with van der Waals surface area (Å²) in [6, 6.07) is 23.8. The molecule has 0 saturated heterocycles. The van der Waals surface area contributed by atoms with Gasteiger partial charge in [-0.25, -0.2) is 14.6 Å². The minimum atomic E-state index is -3.15. The zero-order chi connectivity index (χ0) is 39.0. The van der Waals surface area contributed by atoms with Gasteiger partial charge in [0.25, 0.3) is 14.2 Å². The monoisotopic (exact) mass is 760 g/mol. The van der Waals surface area contributed by atoms with Crippen LogP contribution >= 0.6 is 11.3 Å². The fourth-order valence-electron chi connectivity index (χ4n) is 5.84. The van der Waals surface area contributed by atoms with Gasteiger partial charge in [0.05, 0.1) is 19.8 Å². The number of aliphatic hydroxyl groups is 1. The fraction of sp³-hybridized carbons (Fsp3) is 0.359. The molecule has 0 fully saturated rings. The molecule has 4 rings (SSSR count). The van der Waals surface area contributed by atoms with E-state index in [1.807, 2.05) is 60.7 Å². The van der Waals surface area contributed by atoms with Crippen molar-refractivity contribution in [1.82, 2.24) is 15.6 Å². The summed E-state index contributed by atoms with van der Waals surface area (Å²) in [5.41, 5.74) is 0.598. The van der Waals surface area contributed by atoms with Crippen LogP contribution in [0.4, 0.5) is 10.5 Å². The Labute approximate surface area is 315 Å². The molecule has 3 aromatic carbocycles. The molecule has 3 amide bonds. The molecule has 3 atom stereocenters. The Balaban J connectivity index is 1.50. The number of hydrogen-bond donors (Lipinski definition) is 4. The van der Waals surface area contributed by atoms with E-state index in [9.17, 15) is 24.3 Å². The lowest BCUT2D eigenvalue weighted by Gasteiger charge is -2.45. The number of carbonyl (C=O) groups excluding carboxylic acids is 4. The maximum atomic E-state index is 13.6. The van der Waals surface area contributed by atoms with Crippen LogP contribution in [0.1, 0.15) is 59.0 Å². The number of anilines is 1. The summed E-state index contributed by atoms with van der Waals surface area (Å²) in [5.74, 6) is -2.25. The number of esters is 1. The van der Waals surface area contributed by atoms with Gasteiger partial charge in [0.2, 0.25) is 5.91 Å². The van der Waals surface area contributed by atoms with Crippen molar-refractivity contribution in [3.8, 4) is 10.6 Å². The number of rotatable bonds is 13. The molecule has 0 aliphatic rings. The van der Waals surface area contributed by atoms with Gasteiger partial charge >= 0.3 is 12.1 Å². The summed E-state index contributed by atoms with van der Waals surface area (Å²) >= 11 is 1.21. The number of benzene rings is 3. The van der Waals surface area contributed by atoms with E-state index in [4.69, 9.17) is 13.9 Å². The van der Waals surface area contributed by atoms with Gasteiger partial charge in [-0.15, -0.1) is 11.3 Å². The predicted octanol–water partition coefficient (Wildman–Crippen LogP) is 4.87. The Morgan fingerprint density at radius 1 is 0.849 bits per heavy atom. The Morgan fingerprint density at radius 3 is 1.91 bits per heavy atom. The van der Waals surface area contributed by atoms with Gasteiger partial charge in [-0.1, -0.05) is 81.4 Å². The van der Waals surface area contributed by atoms with Crippen molar-refractivity contribution in [2.45, 2.75) is 77.3 Å². The van der Waals surface area contributed by atoms with Crippen LogP contribution < -0.4 is 26.3 Å². The number of aliphatic hydroxyl groups excluding tert-OH is 1. The number of carbonyl (C=O) groups is 4. The van der Waals surface area contributed by atoms with Crippen molar-refractivity contribution < 1.29 is 38.2 Å². The van der Waals surface area contributed by atoms with Crippen molar-refractivity contribution in [1.29, 1.82) is 0 Å². The highest BCUT2D eigenvalue weighted by Crippen LogP contribution is 2.38. The fourth-order valence-corrected chi connectivity index (χ4v) is 11.4. The summed E-state index contributed by atoms with van der Waals surface area (Å²) in [5, 5.41) is 21.6. The Hall–Kier alpha value is -4.89. The molecule has 282 valence electrons. The highest BCUT2D eigenvalue weighted by atomic mass is 32.1. The van der Waals surface area contributed by atoms with Crippen molar-refractivity contribution in [3.63, 3.8) is 0 Å². The smallest absolute Gasteiger partial charge is 0.412 e. The van der Waals surface area contributed by atoms with Gasteiger partial charge in [-0.05, 0) is 67.4 Å². The number of hydrogen-bond acceptors (Lipinski definition) is 10. The van der Waals surface area contributed by atoms with Crippen LogP contribution in [0.3, 0.4) is 0 Å². The first-order chi connectivity index (χ1) is 25.0. The second kappa shape index (κ2) is 17.3. The Morgan fingerprint density at radius 2 is 1.42 bits per heavy atom. The molecule has 14 heteroatoms. The van der Waals surface area contributed by atoms with Crippen molar-refractivity contribution in [3.05, 3.63) is 96.0 Å². The molecule has 0 spiro atoms. The molecule has 4 aromatic rings.